The molecule has 23 heavy (non-hydrogen) atoms. The van der Waals surface area contributed by atoms with Crippen LogP contribution in [0.2, 0.25) is 0 Å². The molecule has 2 atom stereocenters. The predicted octanol–water partition coefficient (Wildman–Crippen LogP) is 2.81. The first kappa shape index (κ1) is 16.1. The molecule has 3 N–H and O–H groups in total. The van der Waals surface area contributed by atoms with Crippen LogP contribution in [-0.2, 0) is 11.3 Å². The third kappa shape index (κ3) is 4.16. The van der Waals surface area contributed by atoms with E-state index < -0.39 is 0 Å². The van der Waals surface area contributed by atoms with Gasteiger partial charge in [-0.25, -0.2) is 15.2 Å². The molecule has 6 heteroatoms. The van der Waals surface area contributed by atoms with Crippen LogP contribution in [0.1, 0.15) is 23.6 Å². The number of hydrogen-bond donors (Lipinski definition) is 3. The first-order chi connectivity index (χ1) is 11.1. The van der Waals surface area contributed by atoms with Crippen LogP contribution >= 0.6 is 15.9 Å². The lowest BCUT2D eigenvalue weighted by Gasteiger charge is -2.11. The second-order valence-corrected chi connectivity index (χ2v) is 6.44. The van der Waals surface area contributed by atoms with Crippen LogP contribution in [0.5, 0.6) is 0 Å². The minimum absolute atomic E-state index is 0.0681. The maximum Gasteiger partial charge on any atom is 0.238 e. The Morgan fingerprint density at radius 3 is 2.52 bits per heavy atom. The minimum Gasteiger partial charge on any atom is -0.351 e. The Balaban J connectivity index is 1.53. The topological polar surface area (TPSA) is 53.2 Å². The summed E-state index contributed by atoms with van der Waals surface area (Å²) in [6.45, 7) is 0.389. The number of hydrazine groups is 1. The van der Waals surface area contributed by atoms with E-state index in [1.54, 1.807) is 12.1 Å². The monoisotopic (exact) mass is 377 g/mol. The van der Waals surface area contributed by atoms with Crippen LogP contribution < -0.4 is 16.2 Å². The molecule has 0 spiro atoms. The normalized spacial score (nSPS) is 20.4. The average Bonchev–Trinajstić information content (AvgIpc) is 3.05. The van der Waals surface area contributed by atoms with Crippen molar-refractivity contribution in [3.8, 4) is 0 Å². The van der Waals surface area contributed by atoms with Gasteiger partial charge in [0.25, 0.3) is 0 Å². The van der Waals surface area contributed by atoms with Crippen LogP contribution in [0.4, 0.5) is 4.39 Å². The van der Waals surface area contributed by atoms with Gasteiger partial charge in [0.1, 0.15) is 11.9 Å². The lowest BCUT2D eigenvalue weighted by molar-refractivity contribution is -0.123. The van der Waals surface area contributed by atoms with Gasteiger partial charge in [-0.3, -0.25) is 4.79 Å². The highest BCUT2D eigenvalue weighted by Crippen LogP contribution is 2.23. The molecule has 2 aromatic carbocycles. The predicted molar refractivity (Wildman–Crippen MR) is 89.8 cm³/mol. The summed E-state index contributed by atoms with van der Waals surface area (Å²) >= 11 is 3.41. The molecule has 1 aliphatic rings. The molecule has 0 bridgehead atoms. The first-order valence-electron chi connectivity index (χ1n) is 7.40. The van der Waals surface area contributed by atoms with Crippen LogP contribution in [0.25, 0.3) is 0 Å². The van der Waals surface area contributed by atoms with Crippen molar-refractivity contribution in [1.82, 2.24) is 16.2 Å². The summed E-state index contributed by atoms with van der Waals surface area (Å²) in [6.07, 6.45) is 0.677. The van der Waals surface area contributed by atoms with E-state index in [9.17, 15) is 9.18 Å². The maximum atomic E-state index is 12.9. The lowest BCUT2D eigenvalue weighted by Crippen LogP contribution is -2.42. The standard InChI is InChI=1S/C17H17BrFN3O/c18-13-5-3-12(4-6-13)15-9-16(22-21-15)17(23)20-10-11-1-7-14(19)8-2-11/h1-8,15-16,21-22H,9-10H2,(H,20,23). The van der Waals surface area contributed by atoms with Crippen molar-refractivity contribution in [3.05, 3.63) is 69.9 Å². The van der Waals surface area contributed by atoms with Gasteiger partial charge < -0.3 is 5.32 Å². The van der Waals surface area contributed by atoms with E-state index in [4.69, 9.17) is 0 Å². The molecule has 1 amide bonds. The fraction of sp³-hybridized carbons (Fsp3) is 0.235. The van der Waals surface area contributed by atoms with Gasteiger partial charge in [0.15, 0.2) is 0 Å². The van der Waals surface area contributed by atoms with Crippen molar-refractivity contribution in [2.24, 2.45) is 0 Å². The van der Waals surface area contributed by atoms with Gasteiger partial charge in [0, 0.05) is 17.1 Å². The molecule has 0 aromatic heterocycles. The summed E-state index contributed by atoms with van der Waals surface area (Å²) in [6, 6.07) is 14.0. The Morgan fingerprint density at radius 2 is 1.83 bits per heavy atom. The molecule has 0 radical (unpaired) electrons. The van der Waals surface area contributed by atoms with E-state index in [0.717, 1.165) is 15.6 Å². The number of benzene rings is 2. The molecule has 1 saturated heterocycles. The van der Waals surface area contributed by atoms with Crippen LogP contribution in [0, 0.1) is 5.82 Å². The van der Waals surface area contributed by atoms with Gasteiger partial charge in [-0.1, -0.05) is 40.2 Å². The second-order valence-electron chi connectivity index (χ2n) is 5.53. The molecular weight excluding hydrogens is 361 g/mol. The van der Waals surface area contributed by atoms with E-state index in [2.05, 4.69) is 32.1 Å². The smallest absolute Gasteiger partial charge is 0.238 e. The van der Waals surface area contributed by atoms with Gasteiger partial charge in [0.2, 0.25) is 5.91 Å². The van der Waals surface area contributed by atoms with Gasteiger partial charge in [-0.05, 0) is 41.8 Å². The number of nitrogens with one attached hydrogen (secondary N) is 3. The fourth-order valence-electron chi connectivity index (χ4n) is 2.56. The molecule has 1 aliphatic heterocycles. The molecule has 2 unspecified atom stereocenters. The second kappa shape index (κ2) is 7.21. The van der Waals surface area contributed by atoms with E-state index in [1.807, 2.05) is 24.3 Å². The maximum absolute atomic E-state index is 12.9. The molecule has 3 rings (SSSR count). The highest BCUT2D eigenvalue weighted by Gasteiger charge is 2.29. The molecule has 2 aromatic rings. The number of carbonyl (C=O) groups excluding carboxylic acids is 1. The summed E-state index contributed by atoms with van der Waals surface area (Å²) in [5.74, 6) is -0.347. The van der Waals surface area contributed by atoms with Gasteiger partial charge >= 0.3 is 0 Å². The zero-order valence-corrected chi connectivity index (χ0v) is 13.9. The summed E-state index contributed by atoms with van der Waals surface area (Å²) in [5.41, 5.74) is 8.19. The number of halogens is 2. The fourth-order valence-corrected chi connectivity index (χ4v) is 2.82. The average molecular weight is 378 g/mol. The highest BCUT2D eigenvalue weighted by atomic mass is 79.9. The molecule has 0 aliphatic carbocycles. The van der Waals surface area contributed by atoms with Crippen LogP contribution in [0.15, 0.2) is 53.0 Å². The molecule has 4 nitrogen and oxygen atoms in total. The summed E-state index contributed by atoms with van der Waals surface area (Å²) < 4.78 is 13.9. The van der Waals surface area contributed by atoms with Gasteiger partial charge in [-0.2, -0.15) is 0 Å². The Kier molecular flexibility index (Phi) is 5.05. The minimum atomic E-state index is -0.288. The number of rotatable bonds is 4. The number of carbonyl (C=O) groups is 1. The molecule has 0 saturated carbocycles. The van der Waals surface area contributed by atoms with E-state index in [0.29, 0.717) is 13.0 Å². The largest absolute Gasteiger partial charge is 0.351 e. The van der Waals surface area contributed by atoms with Crippen LogP contribution in [-0.4, -0.2) is 11.9 Å². The van der Waals surface area contributed by atoms with Crippen molar-refractivity contribution in [2.45, 2.75) is 25.0 Å². The van der Waals surface area contributed by atoms with Crippen molar-refractivity contribution in [2.75, 3.05) is 0 Å². The third-order valence-electron chi connectivity index (χ3n) is 3.87. The van der Waals surface area contributed by atoms with Crippen LogP contribution in [0.3, 0.4) is 0 Å². The Labute approximate surface area is 142 Å². The molecule has 1 fully saturated rings. The SMILES string of the molecule is O=C(NCc1ccc(F)cc1)C1CC(c2ccc(Br)cc2)NN1. The zero-order valence-electron chi connectivity index (χ0n) is 12.4. The Morgan fingerprint density at radius 1 is 1.13 bits per heavy atom. The summed E-state index contributed by atoms with van der Waals surface area (Å²) in [7, 11) is 0. The molecule has 1 heterocycles. The summed E-state index contributed by atoms with van der Waals surface area (Å²) in [5, 5.41) is 2.87. The Bertz CT molecular complexity index is 675. The first-order valence-corrected chi connectivity index (χ1v) is 8.20. The Hall–Kier alpha value is -1.76. The van der Waals surface area contributed by atoms with E-state index in [1.165, 1.54) is 12.1 Å². The van der Waals surface area contributed by atoms with E-state index in [-0.39, 0.29) is 23.8 Å². The molecule has 120 valence electrons. The van der Waals surface area contributed by atoms with Crippen molar-refractivity contribution in [3.63, 3.8) is 0 Å². The molecular formula is C17H17BrFN3O. The number of amides is 1. The quantitative estimate of drug-likeness (QED) is 0.767. The lowest BCUT2D eigenvalue weighted by atomic mass is 10.0. The zero-order chi connectivity index (χ0) is 16.2. The van der Waals surface area contributed by atoms with E-state index >= 15 is 0 Å². The van der Waals surface area contributed by atoms with Gasteiger partial charge in [-0.15, -0.1) is 0 Å². The van der Waals surface area contributed by atoms with Crippen molar-refractivity contribution in [1.29, 1.82) is 0 Å². The van der Waals surface area contributed by atoms with Gasteiger partial charge in [0.05, 0.1) is 0 Å². The number of hydrogen-bond acceptors (Lipinski definition) is 3. The van der Waals surface area contributed by atoms with Crippen molar-refractivity contribution >= 4 is 21.8 Å². The highest BCUT2D eigenvalue weighted by molar-refractivity contribution is 9.10. The third-order valence-corrected chi connectivity index (χ3v) is 4.40. The van der Waals surface area contributed by atoms with Crippen molar-refractivity contribution < 1.29 is 9.18 Å². The summed E-state index contributed by atoms with van der Waals surface area (Å²) in [4.78, 5) is 12.2.